The molecule has 0 aromatic carbocycles. The zero-order chi connectivity index (χ0) is 12.2. The van der Waals surface area contributed by atoms with E-state index in [-0.39, 0.29) is 5.97 Å². The molecule has 16 heavy (non-hydrogen) atoms. The molecule has 0 rings (SSSR count). The van der Waals surface area contributed by atoms with E-state index in [9.17, 15) is 4.79 Å². The van der Waals surface area contributed by atoms with Gasteiger partial charge in [0, 0.05) is 6.42 Å². The molecular weight excluding hydrogens is 202 g/mol. The average Bonchev–Trinajstić information content (AvgIpc) is 2.27. The number of hydrogen-bond donors (Lipinski definition) is 1. The number of hydrogen-bond acceptors (Lipinski definition) is 3. The highest BCUT2D eigenvalue weighted by Gasteiger charge is 2.10. The van der Waals surface area contributed by atoms with Crippen molar-refractivity contribution in [2.24, 2.45) is 11.7 Å². The largest absolute Gasteiger partial charge is 0.466 e. The summed E-state index contributed by atoms with van der Waals surface area (Å²) in [5, 5.41) is 0. The van der Waals surface area contributed by atoms with E-state index in [0.29, 0.717) is 18.9 Å². The van der Waals surface area contributed by atoms with Crippen LogP contribution in [0.3, 0.4) is 0 Å². The lowest BCUT2D eigenvalue weighted by atomic mass is 9.95. The first kappa shape index (κ1) is 15.4. The Bertz CT molecular complexity index is 165. The first-order valence-corrected chi connectivity index (χ1v) is 6.60. The molecule has 96 valence electrons. The van der Waals surface area contributed by atoms with Crippen molar-refractivity contribution >= 4 is 5.97 Å². The van der Waals surface area contributed by atoms with Crippen molar-refractivity contribution in [3.05, 3.63) is 0 Å². The Hall–Kier alpha value is -0.570. The van der Waals surface area contributed by atoms with Crippen LogP contribution in [0.1, 0.15) is 58.8 Å². The van der Waals surface area contributed by atoms with Gasteiger partial charge in [-0.3, -0.25) is 4.79 Å². The van der Waals surface area contributed by atoms with E-state index in [1.807, 2.05) is 0 Å². The van der Waals surface area contributed by atoms with Crippen molar-refractivity contribution in [1.29, 1.82) is 0 Å². The molecule has 0 amide bonds. The Morgan fingerprint density at radius 3 is 2.50 bits per heavy atom. The fraction of sp³-hybridized carbons (Fsp3) is 0.923. The summed E-state index contributed by atoms with van der Waals surface area (Å²) in [6.45, 7) is 5.55. The molecule has 0 bridgehead atoms. The second-order valence-electron chi connectivity index (χ2n) is 4.34. The van der Waals surface area contributed by atoms with E-state index in [0.717, 1.165) is 38.6 Å². The maximum atomic E-state index is 11.4. The van der Waals surface area contributed by atoms with Gasteiger partial charge < -0.3 is 10.5 Å². The van der Waals surface area contributed by atoms with Crippen LogP contribution in [0.2, 0.25) is 0 Å². The molecule has 3 heteroatoms. The van der Waals surface area contributed by atoms with Gasteiger partial charge in [0.05, 0.1) is 6.61 Å². The Labute approximate surface area is 99.7 Å². The molecule has 1 atom stereocenters. The summed E-state index contributed by atoms with van der Waals surface area (Å²) >= 11 is 0. The quantitative estimate of drug-likeness (QED) is 0.463. The van der Waals surface area contributed by atoms with Gasteiger partial charge in [0.15, 0.2) is 0 Å². The third-order valence-corrected chi connectivity index (χ3v) is 2.79. The lowest BCUT2D eigenvalue weighted by Crippen LogP contribution is -2.12. The van der Waals surface area contributed by atoms with Crippen LogP contribution in [-0.2, 0) is 9.53 Å². The van der Waals surface area contributed by atoms with Gasteiger partial charge in [-0.1, -0.05) is 33.1 Å². The second-order valence-corrected chi connectivity index (χ2v) is 4.34. The lowest BCUT2D eigenvalue weighted by Gasteiger charge is -2.14. The predicted octanol–water partition coefficient (Wildman–Crippen LogP) is 2.88. The molecule has 0 heterocycles. The normalized spacial score (nSPS) is 12.4. The van der Waals surface area contributed by atoms with Gasteiger partial charge >= 0.3 is 5.97 Å². The van der Waals surface area contributed by atoms with E-state index in [2.05, 4.69) is 13.8 Å². The minimum absolute atomic E-state index is 0.0495. The second kappa shape index (κ2) is 10.9. The SMILES string of the molecule is CCCCOC(=O)CCC(CCC)CCN. The Kier molecular flexibility index (Phi) is 10.5. The van der Waals surface area contributed by atoms with Gasteiger partial charge in [0.1, 0.15) is 0 Å². The number of esters is 1. The van der Waals surface area contributed by atoms with Crippen molar-refractivity contribution in [3.8, 4) is 0 Å². The van der Waals surface area contributed by atoms with Gasteiger partial charge in [-0.15, -0.1) is 0 Å². The molecule has 0 spiro atoms. The van der Waals surface area contributed by atoms with Crippen LogP contribution in [0.5, 0.6) is 0 Å². The molecule has 0 saturated carbocycles. The minimum atomic E-state index is -0.0495. The number of rotatable bonds is 10. The first-order chi connectivity index (χ1) is 7.74. The third-order valence-electron chi connectivity index (χ3n) is 2.79. The fourth-order valence-corrected chi connectivity index (χ4v) is 1.80. The van der Waals surface area contributed by atoms with Gasteiger partial charge in [0.25, 0.3) is 0 Å². The molecule has 1 unspecified atom stereocenters. The molecule has 0 aromatic heterocycles. The summed E-state index contributed by atoms with van der Waals surface area (Å²) < 4.78 is 5.12. The summed E-state index contributed by atoms with van der Waals surface area (Å²) in [6.07, 6.45) is 6.86. The molecule has 2 N–H and O–H groups in total. The Morgan fingerprint density at radius 2 is 1.94 bits per heavy atom. The molecule has 0 aromatic rings. The highest BCUT2D eigenvalue weighted by Crippen LogP contribution is 2.17. The highest BCUT2D eigenvalue weighted by atomic mass is 16.5. The summed E-state index contributed by atoms with van der Waals surface area (Å²) in [5.74, 6) is 0.542. The number of ether oxygens (including phenoxy) is 1. The van der Waals surface area contributed by atoms with Gasteiger partial charge in [0.2, 0.25) is 0 Å². The molecule has 0 radical (unpaired) electrons. The fourth-order valence-electron chi connectivity index (χ4n) is 1.80. The van der Waals surface area contributed by atoms with Crippen LogP contribution in [0.15, 0.2) is 0 Å². The van der Waals surface area contributed by atoms with Crippen LogP contribution in [0, 0.1) is 5.92 Å². The topological polar surface area (TPSA) is 52.3 Å². The molecule has 0 fully saturated rings. The molecule has 0 saturated heterocycles. The van der Waals surface area contributed by atoms with Crippen LogP contribution in [0.25, 0.3) is 0 Å². The van der Waals surface area contributed by atoms with Crippen molar-refractivity contribution in [1.82, 2.24) is 0 Å². The third kappa shape index (κ3) is 8.72. The van der Waals surface area contributed by atoms with Crippen LogP contribution in [-0.4, -0.2) is 19.1 Å². The molecule has 3 nitrogen and oxygen atoms in total. The van der Waals surface area contributed by atoms with Crippen molar-refractivity contribution in [2.45, 2.75) is 58.8 Å². The zero-order valence-electron chi connectivity index (χ0n) is 10.8. The predicted molar refractivity (Wildman–Crippen MR) is 67.2 cm³/mol. The van der Waals surface area contributed by atoms with Gasteiger partial charge in [-0.25, -0.2) is 0 Å². The van der Waals surface area contributed by atoms with Crippen LogP contribution in [0.4, 0.5) is 0 Å². The Balaban J connectivity index is 3.60. The monoisotopic (exact) mass is 229 g/mol. The smallest absolute Gasteiger partial charge is 0.305 e. The van der Waals surface area contributed by atoms with E-state index in [1.165, 1.54) is 6.42 Å². The van der Waals surface area contributed by atoms with Crippen LogP contribution < -0.4 is 5.73 Å². The number of nitrogens with two attached hydrogens (primary N) is 1. The van der Waals surface area contributed by atoms with E-state index < -0.39 is 0 Å². The molecule has 0 aliphatic heterocycles. The van der Waals surface area contributed by atoms with E-state index in [1.54, 1.807) is 0 Å². The summed E-state index contributed by atoms with van der Waals surface area (Å²) in [5.41, 5.74) is 5.55. The van der Waals surface area contributed by atoms with Gasteiger partial charge in [-0.05, 0) is 31.7 Å². The minimum Gasteiger partial charge on any atom is -0.466 e. The number of carbonyl (C=O) groups is 1. The standard InChI is InChI=1S/C13H27NO2/c1-3-5-11-16-13(15)8-7-12(6-4-2)9-10-14/h12H,3-11,14H2,1-2H3. The maximum Gasteiger partial charge on any atom is 0.305 e. The number of carbonyl (C=O) groups excluding carboxylic acids is 1. The molecular formula is C13H27NO2. The summed E-state index contributed by atoms with van der Waals surface area (Å²) in [6, 6.07) is 0. The van der Waals surface area contributed by atoms with Crippen molar-refractivity contribution in [3.63, 3.8) is 0 Å². The number of unbranched alkanes of at least 4 members (excludes halogenated alkanes) is 1. The maximum absolute atomic E-state index is 11.4. The first-order valence-electron chi connectivity index (χ1n) is 6.60. The lowest BCUT2D eigenvalue weighted by molar-refractivity contribution is -0.144. The van der Waals surface area contributed by atoms with E-state index >= 15 is 0 Å². The van der Waals surface area contributed by atoms with E-state index in [4.69, 9.17) is 10.5 Å². The molecule has 0 aliphatic carbocycles. The summed E-state index contributed by atoms with van der Waals surface area (Å²) in [4.78, 5) is 11.4. The van der Waals surface area contributed by atoms with Crippen molar-refractivity contribution in [2.75, 3.05) is 13.2 Å². The molecule has 0 aliphatic rings. The zero-order valence-corrected chi connectivity index (χ0v) is 10.8. The summed E-state index contributed by atoms with van der Waals surface area (Å²) in [7, 11) is 0. The van der Waals surface area contributed by atoms with Gasteiger partial charge in [-0.2, -0.15) is 0 Å². The average molecular weight is 229 g/mol. The van der Waals surface area contributed by atoms with Crippen LogP contribution >= 0.6 is 0 Å². The van der Waals surface area contributed by atoms with Crippen molar-refractivity contribution < 1.29 is 9.53 Å². The highest BCUT2D eigenvalue weighted by molar-refractivity contribution is 5.69. The Morgan fingerprint density at radius 1 is 1.19 bits per heavy atom.